The molecule has 0 aliphatic rings. The summed E-state index contributed by atoms with van der Waals surface area (Å²) in [7, 11) is 0. The molecule has 0 saturated carbocycles. The van der Waals surface area contributed by atoms with Crippen LogP contribution in [-0.2, 0) is 11.3 Å². The van der Waals surface area contributed by atoms with E-state index < -0.39 is 17.6 Å². The van der Waals surface area contributed by atoms with Gasteiger partial charge in [0.1, 0.15) is 5.60 Å². The topological polar surface area (TPSA) is 94.3 Å². The molecule has 0 spiro atoms. The summed E-state index contributed by atoms with van der Waals surface area (Å²) in [4.78, 5) is 27.6. The first-order valence-corrected chi connectivity index (χ1v) is 8.97. The molecule has 0 fully saturated rings. The van der Waals surface area contributed by atoms with Crippen molar-refractivity contribution in [1.82, 2.24) is 10.3 Å². The summed E-state index contributed by atoms with van der Waals surface area (Å²) in [5.74, 6) is -0.465. The lowest BCUT2D eigenvalue weighted by Gasteiger charge is -2.19. The van der Waals surface area contributed by atoms with Crippen LogP contribution < -0.4 is 11.1 Å². The van der Waals surface area contributed by atoms with Crippen molar-refractivity contribution in [3.8, 4) is 11.1 Å². The molecule has 6 nitrogen and oxygen atoms in total. The number of hydrogen-bond acceptors (Lipinski definition) is 4. The molecule has 0 unspecified atom stereocenters. The molecule has 3 rings (SSSR count). The van der Waals surface area contributed by atoms with Crippen LogP contribution in [0.1, 0.15) is 36.7 Å². The fourth-order valence-corrected chi connectivity index (χ4v) is 2.84. The lowest BCUT2D eigenvalue weighted by molar-refractivity contribution is 0.0523. The second kappa shape index (κ2) is 7.68. The van der Waals surface area contributed by atoms with Gasteiger partial charge in [0.25, 0.3) is 0 Å². The maximum Gasteiger partial charge on any atom is 0.407 e. The van der Waals surface area contributed by atoms with E-state index in [2.05, 4.69) is 10.3 Å². The lowest BCUT2D eigenvalue weighted by atomic mass is 9.98. The van der Waals surface area contributed by atoms with Crippen molar-refractivity contribution >= 4 is 22.8 Å². The van der Waals surface area contributed by atoms with E-state index in [0.29, 0.717) is 12.1 Å². The highest BCUT2D eigenvalue weighted by atomic mass is 16.6. The first-order chi connectivity index (χ1) is 13.2. The first-order valence-electron chi connectivity index (χ1n) is 8.97. The molecule has 1 heterocycles. The smallest absolute Gasteiger partial charge is 0.407 e. The Balaban J connectivity index is 1.81. The molecule has 0 bridgehead atoms. The molecule has 2 amide bonds. The molecule has 3 N–H and O–H groups in total. The van der Waals surface area contributed by atoms with Gasteiger partial charge in [0.05, 0.1) is 0 Å². The quantitative estimate of drug-likeness (QED) is 0.718. The standard InChI is InChI=1S/C22H23N3O3/c1-22(2,3)28-21(27)25-11-14-4-6-15(7-5-14)19-13-24-12-17-9-8-16(20(23)26)10-18(17)19/h4-10,12-13H,11H2,1-3H3,(H2,23,26)(H,25,27). The van der Waals surface area contributed by atoms with Crippen molar-refractivity contribution in [1.29, 1.82) is 0 Å². The van der Waals surface area contributed by atoms with E-state index in [4.69, 9.17) is 10.5 Å². The Hall–Kier alpha value is -3.41. The Kier molecular flexibility index (Phi) is 5.31. The van der Waals surface area contributed by atoms with E-state index in [1.165, 1.54) is 0 Å². The van der Waals surface area contributed by atoms with Gasteiger partial charge in [-0.1, -0.05) is 30.3 Å². The number of nitrogens with two attached hydrogens (primary N) is 1. The first kappa shape index (κ1) is 19.4. The molecule has 0 aliphatic carbocycles. The molecule has 28 heavy (non-hydrogen) atoms. The number of benzene rings is 2. The Labute approximate surface area is 163 Å². The van der Waals surface area contributed by atoms with Gasteiger partial charge in [0.15, 0.2) is 0 Å². The van der Waals surface area contributed by atoms with Gasteiger partial charge in [-0.25, -0.2) is 4.79 Å². The molecular weight excluding hydrogens is 354 g/mol. The fourth-order valence-electron chi connectivity index (χ4n) is 2.84. The number of pyridine rings is 1. The second-order valence-electron chi connectivity index (χ2n) is 7.54. The zero-order chi connectivity index (χ0) is 20.3. The Morgan fingerprint density at radius 1 is 1.07 bits per heavy atom. The van der Waals surface area contributed by atoms with Crippen molar-refractivity contribution in [2.24, 2.45) is 5.73 Å². The van der Waals surface area contributed by atoms with Gasteiger partial charge < -0.3 is 15.8 Å². The number of ether oxygens (including phenoxy) is 1. The zero-order valence-corrected chi connectivity index (χ0v) is 16.2. The minimum atomic E-state index is -0.529. The molecule has 1 aromatic heterocycles. The van der Waals surface area contributed by atoms with Crippen LogP contribution in [0.4, 0.5) is 4.79 Å². The predicted octanol–water partition coefficient (Wildman–Crippen LogP) is 4.03. The normalized spacial score (nSPS) is 11.2. The second-order valence-corrected chi connectivity index (χ2v) is 7.54. The van der Waals surface area contributed by atoms with Crippen LogP contribution in [0.15, 0.2) is 54.9 Å². The van der Waals surface area contributed by atoms with Gasteiger partial charge in [-0.3, -0.25) is 9.78 Å². The maximum atomic E-state index is 11.8. The highest BCUT2D eigenvalue weighted by Crippen LogP contribution is 2.28. The number of primary amides is 1. The van der Waals surface area contributed by atoms with Crippen LogP contribution in [0.5, 0.6) is 0 Å². The predicted molar refractivity (Wildman–Crippen MR) is 109 cm³/mol. The number of fused-ring (bicyclic) bond motifs is 1. The number of carbonyl (C=O) groups is 2. The molecular formula is C22H23N3O3. The van der Waals surface area contributed by atoms with Crippen molar-refractivity contribution in [2.45, 2.75) is 32.9 Å². The van der Waals surface area contributed by atoms with E-state index in [-0.39, 0.29) is 0 Å². The molecule has 3 aromatic rings. The maximum absolute atomic E-state index is 11.8. The summed E-state index contributed by atoms with van der Waals surface area (Å²) in [6.07, 6.45) is 3.07. The number of alkyl carbamates (subject to hydrolysis) is 1. The summed E-state index contributed by atoms with van der Waals surface area (Å²) in [5, 5.41) is 4.58. The van der Waals surface area contributed by atoms with E-state index in [1.807, 2.05) is 51.1 Å². The van der Waals surface area contributed by atoms with E-state index in [0.717, 1.165) is 27.5 Å². The Bertz CT molecular complexity index is 1020. The third-order valence-electron chi connectivity index (χ3n) is 4.15. The SMILES string of the molecule is CC(C)(C)OC(=O)NCc1ccc(-c2cncc3ccc(C(N)=O)cc23)cc1. The van der Waals surface area contributed by atoms with Crippen molar-refractivity contribution in [3.63, 3.8) is 0 Å². The third kappa shape index (κ3) is 4.65. The Morgan fingerprint density at radius 3 is 2.43 bits per heavy atom. The average molecular weight is 377 g/mol. The van der Waals surface area contributed by atoms with Crippen LogP contribution in [0.25, 0.3) is 21.9 Å². The summed E-state index contributed by atoms with van der Waals surface area (Å²) >= 11 is 0. The minimum absolute atomic E-state index is 0.370. The van der Waals surface area contributed by atoms with Crippen LogP contribution in [0, 0.1) is 0 Å². The summed E-state index contributed by atoms with van der Waals surface area (Å²) in [6, 6.07) is 13.1. The lowest BCUT2D eigenvalue weighted by Crippen LogP contribution is -2.32. The molecule has 0 saturated heterocycles. The molecule has 144 valence electrons. The fraction of sp³-hybridized carbons (Fsp3) is 0.227. The van der Waals surface area contributed by atoms with E-state index in [9.17, 15) is 9.59 Å². The summed E-state index contributed by atoms with van der Waals surface area (Å²) in [5.41, 5.74) is 8.15. The van der Waals surface area contributed by atoms with Crippen molar-refractivity contribution in [3.05, 3.63) is 66.0 Å². The van der Waals surface area contributed by atoms with Gasteiger partial charge >= 0.3 is 6.09 Å². The Morgan fingerprint density at radius 2 is 1.79 bits per heavy atom. The van der Waals surface area contributed by atoms with Gasteiger partial charge in [-0.2, -0.15) is 0 Å². The number of nitrogens with one attached hydrogen (secondary N) is 1. The third-order valence-corrected chi connectivity index (χ3v) is 4.15. The molecule has 6 heteroatoms. The van der Waals surface area contributed by atoms with Crippen molar-refractivity contribution < 1.29 is 14.3 Å². The molecule has 2 aromatic carbocycles. The highest BCUT2D eigenvalue weighted by Gasteiger charge is 2.15. The van der Waals surface area contributed by atoms with E-state index >= 15 is 0 Å². The van der Waals surface area contributed by atoms with Crippen LogP contribution in [0.3, 0.4) is 0 Å². The number of carbonyl (C=O) groups excluding carboxylic acids is 2. The average Bonchev–Trinajstić information content (AvgIpc) is 2.64. The van der Waals surface area contributed by atoms with E-state index in [1.54, 1.807) is 24.5 Å². The molecule has 0 radical (unpaired) electrons. The van der Waals surface area contributed by atoms with Crippen LogP contribution >= 0.6 is 0 Å². The summed E-state index contributed by atoms with van der Waals surface area (Å²) in [6.45, 7) is 5.84. The number of aromatic nitrogens is 1. The van der Waals surface area contributed by atoms with Crippen molar-refractivity contribution in [2.75, 3.05) is 0 Å². The molecule has 0 atom stereocenters. The largest absolute Gasteiger partial charge is 0.444 e. The van der Waals surface area contributed by atoms with Gasteiger partial charge in [0.2, 0.25) is 5.91 Å². The van der Waals surface area contributed by atoms with Crippen LogP contribution in [0.2, 0.25) is 0 Å². The zero-order valence-electron chi connectivity index (χ0n) is 16.2. The molecule has 0 aliphatic heterocycles. The number of hydrogen-bond donors (Lipinski definition) is 2. The van der Waals surface area contributed by atoms with Gasteiger partial charge in [-0.05, 0) is 49.4 Å². The van der Waals surface area contributed by atoms with Gasteiger partial charge in [0, 0.05) is 35.5 Å². The monoisotopic (exact) mass is 377 g/mol. The highest BCUT2D eigenvalue weighted by molar-refractivity contribution is 6.02. The minimum Gasteiger partial charge on any atom is -0.444 e. The number of rotatable bonds is 4. The number of nitrogens with zero attached hydrogens (tertiary/aromatic N) is 1. The van der Waals surface area contributed by atoms with Gasteiger partial charge in [-0.15, -0.1) is 0 Å². The number of amides is 2. The van der Waals surface area contributed by atoms with Crippen LogP contribution in [-0.4, -0.2) is 22.6 Å². The summed E-state index contributed by atoms with van der Waals surface area (Å²) < 4.78 is 5.24.